The number of carbonyl (C=O) groups excluding carboxylic acids is 4. The fraction of sp³-hybridized carbons (Fsp3) is 0.462. The second-order valence-corrected chi connectivity index (χ2v) is 20.8. The van der Waals surface area contributed by atoms with Crippen molar-refractivity contribution >= 4 is 52.3 Å². The second-order valence-electron chi connectivity index (χ2n) is 19.5. The summed E-state index contributed by atoms with van der Waals surface area (Å²) in [4.78, 5) is 66.0. The van der Waals surface area contributed by atoms with Crippen molar-refractivity contribution < 1.29 is 37.9 Å². The molecule has 354 valence electrons. The van der Waals surface area contributed by atoms with Gasteiger partial charge in [0.1, 0.15) is 30.5 Å². The SMILES string of the molecule is [2H]C([2H])([2H])N(C(=O)c1ccc(C#CCCOCC(=O)N[C@H](C(=O)N2C[C@H](O)C[C@H]2C(=O)N[C@@H](C)c2ccc(-c3scnc3C)cc2)C(C)(C)C)cc1)C1C(C)(C)C(Oc2ccc([N+]#[C-])c(Cl)c2)C1(C)C. The van der Waals surface area contributed by atoms with Gasteiger partial charge in [-0.3, -0.25) is 19.2 Å². The molecule has 1 aromatic heterocycles. The van der Waals surface area contributed by atoms with E-state index in [0.717, 1.165) is 26.6 Å². The van der Waals surface area contributed by atoms with Crippen LogP contribution in [0.1, 0.15) is 106 Å². The van der Waals surface area contributed by atoms with Crippen LogP contribution in [-0.2, 0) is 19.1 Å². The van der Waals surface area contributed by atoms with Crippen LogP contribution in [0.15, 0.2) is 72.2 Å². The van der Waals surface area contributed by atoms with E-state index in [1.807, 2.05) is 65.8 Å². The summed E-state index contributed by atoms with van der Waals surface area (Å²) in [5.41, 5.74) is 3.35. The highest BCUT2D eigenvalue weighted by atomic mass is 35.5. The minimum atomic E-state index is -2.77. The van der Waals surface area contributed by atoms with Crippen LogP contribution in [0.4, 0.5) is 5.69 Å². The molecule has 1 saturated carbocycles. The van der Waals surface area contributed by atoms with E-state index in [1.165, 1.54) is 17.0 Å². The zero-order valence-electron chi connectivity index (χ0n) is 42.4. The number of benzene rings is 3. The number of aryl methyl sites for hydroxylation is 1. The molecule has 3 N–H and O–H groups in total. The van der Waals surface area contributed by atoms with Crippen LogP contribution in [-0.4, -0.2) is 101 Å². The number of nitrogens with zero attached hydrogens (tertiary/aromatic N) is 4. The van der Waals surface area contributed by atoms with Crippen LogP contribution in [0.5, 0.6) is 5.75 Å². The number of thiazole rings is 1. The summed E-state index contributed by atoms with van der Waals surface area (Å²) in [6.45, 7) is 20.9. The molecule has 4 amide bonds. The number of hydrogen-bond donors (Lipinski definition) is 3. The molecule has 1 aliphatic carbocycles. The lowest BCUT2D eigenvalue weighted by atomic mass is 9.49. The minimum absolute atomic E-state index is 0.0565. The fourth-order valence-corrected chi connectivity index (χ4v) is 10.5. The molecule has 2 fully saturated rings. The van der Waals surface area contributed by atoms with E-state index < -0.39 is 77.2 Å². The van der Waals surface area contributed by atoms with Crippen molar-refractivity contribution in [1.29, 1.82) is 0 Å². The van der Waals surface area contributed by atoms with Gasteiger partial charge in [0.05, 0.1) is 46.4 Å². The highest BCUT2D eigenvalue weighted by Gasteiger charge is 2.65. The van der Waals surface area contributed by atoms with Gasteiger partial charge in [0.15, 0.2) is 0 Å². The van der Waals surface area contributed by atoms with Gasteiger partial charge in [-0.25, -0.2) is 9.83 Å². The molecule has 6 rings (SSSR count). The molecule has 2 aliphatic rings. The van der Waals surface area contributed by atoms with Crippen LogP contribution in [0.3, 0.4) is 0 Å². The third-order valence-corrected chi connectivity index (χ3v) is 13.8. The summed E-state index contributed by atoms with van der Waals surface area (Å²) in [6, 6.07) is 15.9. The number of likely N-dealkylation sites (tertiary alicyclic amines) is 1. The van der Waals surface area contributed by atoms with Crippen molar-refractivity contribution in [2.45, 2.75) is 112 Å². The smallest absolute Gasteiger partial charge is 0.253 e. The van der Waals surface area contributed by atoms with Crippen molar-refractivity contribution in [2.75, 3.05) is 26.7 Å². The molecule has 1 saturated heterocycles. The van der Waals surface area contributed by atoms with E-state index in [-0.39, 0.29) is 54.9 Å². The van der Waals surface area contributed by atoms with Gasteiger partial charge in [-0.15, -0.1) is 11.3 Å². The first kappa shape index (κ1) is 46.3. The monoisotopic (exact) mass is 951 g/mol. The summed E-state index contributed by atoms with van der Waals surface area (Å²) in [7, 11) is 0. The number of amides is 4. The quantitative estimate of drug-likeness (QED) is 0.0647. The molecular formula is C52H61ClN6O7S. The molecular weight excluding hydrogens is 888 g/mol. The number of nitrogens with one attached hydrogen (secondary N) is 2. The number of hydrogen-bond acceptors (Lipinski definition) is 9. The van der Waals surface area contributed by atoms with E-state index in [9.17, 15) is 24.3 Å². The molecule has 67 heavy (non-hydrogen) atoms. The number of ether oxygens (including phenoxy) is 2. The van der Waals surface area contributed by atoms with Crippen LogP contribution in [0.25, 0.3) is 15.3 Å². The summed E-state index contributed by atoms with van der Waals surface area (Å²) in [6.07, 6.45) is -1.09. The third-order valence-electron chi connectivity index (χ3n) is 12.6. The topological polar surface area (TPSA) is 155 Å². The third kappa shape index (κ3) is 11.3. The van der Waals surface area contributed by atoms with Crippen LogP contribution >= 0.6 is 22.9 Å². The molecule has 4 aromatic rings. The van der Waals surface area contributed by atoms with Crippen LogP contribution in [0, 0.1) is 41.6 Å². The van der Waals surface area contributed by atoms with E-state index in [1.54, 1.807) is 68.0 Å². The molecule has 2 heterocycles. The molecule has 0 radical (unpaired) electrons. The Hall–Kier alpha value is -5.77. The van der Waals surface area contributed by atoms with Gasteiger partial charge in [-0.05, 0) is 66.8 Å². The molecule has 0 spiro atoms. The second kappa shape index (κ2) is 20.6. The van der Waals surface area contributed by atoms with Gasteiger partial charge in [0.2, 0.25) is 23.4 Å². The summed E-state index contributed by atoms with van der Waals surface area (Å²) < 4.78 is 37.2. The average molecular weight is 953 g/mol. The lowest BCUT2D eigenvalue weighted by molar-refractivity contribution is -0.195. The number of aliphatic hydroxyl groups excluding tert-OH is 1. The number of rotatable bonds is 14. The minimum Gasteiger partial charge on any atom is -0.489 e. The van der Waals surface area contributed by atoms with Gasteiger partial charge in [-0.2, -0.15) is 0 Å². The first-order chi connectivity index (χ1) is 32.7. The summed E-state index contributed by atoms with van der Waals surface area (Å²) in [5, 5.41) is 16.7. The molecule has 3 aromatic carbocycles. The first-order valence-corrected chi connectivity index (χ1v) is 23.4. The number of aromatic nitrogens is 1. The van der Waals surface area contributed by atoms with Gasteiger partial charge in [-0.1, -0.05) is 102 Å². The molecule has 4 atom stereocenters. The van der Waals surface area contributed by atoms with E-state index >= 15 is 0 Å². The van der Waals surface area contributed by atoms with Crippen molar-refractivity contribution in [3.8, 4) is 28.0 Å². The highest BCUT2D eigenvalue weighted by molar-refractivity contribution is 7.13. The van der Waals surface area contributed by atoms with Crippen molar-refractivity contribution in [1.82, 2.24) is 25.4 Å². The summed E-state index contributed by atoms with van der Waals surface area (Å²) >= 11 is 7.81. The maximum absolute atomic E-state index is 14.1. The van der Waals surface area contributed by atoms with Gasteiger partial charge in [0, 0.05) is 58.5 Å². The normalized spacial score (nSPS) is 21.1. The van der Waals surface area contributed by atoms with E-state index in [2.05, 4.69) is 32.3 Å². The molecule has 1 aliphatic heterocycles. The largest absolute Gasteiger partial charge is 0.489 e. The van der Waals surface area contributed by atoms with Gasteiger partial charge in [0.25, 0.3) is 5.91 Å². The zero-order chi connectivity index (χ0) is 51.5. The zero-order valence-corrected chi connectivity index (χ0v) is 41.0. The lowest BCUT2D eigenvalue weighted by Gasteiger charge is -2.65. The average Bonchev–Trinajstić information content (AvgIpc) is 3.91. The molecule has 13 nitrogen and oxygen atoms in total. The fourth-order valence-electron chi connectivity index (χ4n) is 9.49. The Kier molecular flexibility index (Phi) is 14.3. The number of halogens is 1. The summed E-state index contributed by atoms with van der Waals surface area (Å²) in [5.74, 6) is 4.34. The number of aliphatic hydroxyl groups is 1. The maximum atomic E-state index is 14.1. The van der Waals surface area contributed by atoms with Crippen LogP contribution < -0.4 is 15.4 Å². The Morgan fingerprint density at radius 3 is 2.36 bits per heavy atom. The first-order valence-electron chi connectivity index (χ1n) is 23.7. The van der Waals surface area contributed by atoms with Gasteiger partial charge >= 0.3 is 0 Å². The predicted molar refractivity (Wildman–Crippen MR) is 261 cm³/mol. The van der Waals surface area contributed by atoms with E-state index in [0.29, 0.717) is 11.3 Å². The van der Waals surface area contributed by atoms with Gasteiger partial charge < -0.3 is 35.0 Å². The molecule has 15 heteroatoms. The Balaban J connectivity index is 0.999. The lowest BCUT2D eigenvalue weighted by Crippen LogP contribution is -2.74. The van der Waals surface area contributed by atoms with Crippen molar-refractivity contribution in [2.24, 2.45) is 16.2 Å². The molecule has 0 unspecified atom stereocenters. The number of β-amino-alcohol motifs (C(OH)–C–C–N with tert-alkyl or cyclic N) is 1. The van der Waals surface area contributed by atoms with Crippen LogP contribution in [0.2, 0.25) is 5.02 Å². The Morgan fingerprint density at radius 2 is 1.76 bits per heavy atom. The number of carbonyl (C=O) groups is 4. The standard InChI is InChI=1S/C52H61ClN6O7S/c1-31(34-19-21-35(22-20-34)43-32(2)55-30-67-43)56-45(62)41-26-37(60)28-59(41)47(64)44(50(3,4)5)57-42(61)29-65-25-13-12-14-33-15-17-36(18-16-33)46(63)58(11)48-51(6,7)49(52(48,8)9)66-38-23-24-40(54-10)39(53)27-38/h15-24,27,30-31,37,41,44,48-49,60H,13,25-26,28-29H2,1-9,11H3,(H,56,62)(H,57,61)/t31-,37+,41-,44+,48?,49?/m0/s1/i11D3. The Labute approximate surface area is 407 Å². The van der Waals surface area contributed by atoms with Crippen molar-refractivity contribution in [3.05, 3.63) is 111 Å². The maximum Gasteiger partial charge on any atom is 0.253 e. The van der Waals surface area contributed by atoms with E-state index in [4.69, 9.17) is 31.8 Å². The highest BCUT2D eigenvalue weighted by Crippen LogP contribution is 2.58. The Bertz CT molecular complexity index is 2670. The molecule has 0 bridgehead atoms. The predicted octanol–water partition coefficient (Wildman–Crippen LogP) is 8.41. The van der Waals surface area contributed by atoms with Crippen molar-refractivity contribution in [3.63, 3.8) is 0 Å². The Morgan fingerprint density at radius 1 is 1.07 bits per heavy atom.